The van der Waals surface area contributed by atoms with Gasteiger partial charge in [0.25, 0.3) is 0 Å². The Morgan fingerprint density at radius 3 is 2.44 bits per heavy atom. The fourth-order valence-corrected chi connectivity index (χ4v) is 2.91. The van der Waals surface area contributed by atoms with Crippen LogP contribution in [0.5, 0.6) is 0 Å². The van der Waals surface area contributed by atoms with Crippen molar-refractivity contribution in [2.75, 3.05) is 24.3 Å². The highest BCUT2D eigenvalue weighted by molar-refractivity contribution is 5.60. The summed E-state index contributed by atoms with van der Waals surface area (Å²) in [5, 5.41) is 3.70. The van der Waals surface area contributed by atoms with E-state index in [0.717, 1.165) is 5.92 Å². The molecule has 1 aliphatic rings. The van der Waals surface area contributed by atoms with Crippen molar-refractivity contribution in [3.8, 4) is 0 Å². The topological polar surface area (TPSA) is 15.3 Å². The van der Waals surface area contributed by atoms with Crippen LogP contribution in [-0.2, 0) is 0 Å². The molecule has 2 rings (SSSR count). The van der Waals surface area contributed by atoms with E-state index in [-0.39, 0.29) is 0 Å². The summed E-state index contributed by atoms with van der Waals surface area (Å²) in [6.45, 7) is 4.52. The molecule has 2 nitrogen and oxygen atoms in total. The Hall–Kier alpha value is -1.18. The molecule has 100 valence electrons. The van der Waals surface area contributed by atoms with Crippen molar-refractivity contribution < 1.29 is 0 Å². The second-order valence-electron chi connectivity index (χ2n) is 5.87. The third-order valence-electron chi connectivity index (χ3n) is 4.22. The van der Waals surface area contributed by atoms with Crippen molar-refractivity contribution >= 4 is 11.4 Å². The fraction of sp³-hybridized carbons (Fsp3) is 0.625. The fourth-order valence-electron chi connectivity index (χ4n) is 2.91. The second kappa shape index (κ2) is 5.64. The van der Waals surface area contributed by atoms with E-state index in [1.165, 1.54) is 42.6 Å². The number of anilines is 2. The van der Waals surface area contributed by atoms with Crippen LogP contribution in [0, 0.1) is 12.8 Å². The predicted molar refractivity (Wildman–Crippen MR) is 80.5 cm³/mol. The molecule has 1 unspecified atom stereocenters. The third kappa shape index (κ3) is 2.98. The van der Waals surface area contributed by atoms with E-state index in [4.69, 9.17) is 0 Å². The molecule has 0 saturated heterocycles. The molecule has 1 N–H and O–H groups in total. The van der Waals surface area contributed by atoms with Gasteiger partial charge in [-0.2, -0.15) is 0 Å². The minimum absolute atomic E-state index is 0.594. The molecule has 2 heteroatoms. The number of nitrogens with zero attached hydrogens (tertiary/aromatic N) is 1. The minimum atomic E-state index is 0.594. The normalized spacial score (nSPS) is 17.8. The van der Waals surface area contributed by atoms with Gasteiger partial charge in [0.1, 0.15) is 0 Å². The predicted octanol–water partition coefficient (Wildman–Crippen LogP) is 4.05. The summed E-state index contributed by atoms with van der Waals surface area (Å²) in [4.78, 5) is 2.15. The van der Waals surface area contributed by atoms with Gasteiger partial charge in [-0.25, -0.2) is 0 Å². The summed E-state index contributed by atoms with van der Waals surface area (Å²) < 4.78 is 0. The van der Waals surface area contributed by atoms with Crippen molar-refractivity contribution in [1.29, 1.82) is 0 Å². The Labute approximate surface area is 111 Å². The summed E-state index contributed by atoms with van der Waals surface area (Å²) >= 11 is 0. The van der Waals surface area contributed by atoms with Crippen LogP contribution in [0.3, 0.4) is 0 Å². The lowest BCUT2D eigenvalue weighted by Gasteiger charge is -2.23. The van der Waals surface area contributed by atoms with Crippen molar-refractivity contribution in [2.24, 2.45) is 5.92 Å². The van der Waals surface area contributed by atoms with Crippen molar-refractivity contribution in [2.45, 2.75) is 45.6 Å². The summed E-state index contributed by atoms with van der Waals surface area (Å²) in [5.74, 6) is 0.859. The highest BCUT2D eigenvalue weighted by Gasteiger charge is 2.21. The molecule has 0 aliphatic heterocycles. The number of rotatable bonds is 4. The molecule has 1 saturated carbocycles. The lowest BCUT2D eigenvalue weighted by Crippen LogP contribution is -2.24. The molecule has 1 aromatic rings. The van der Waals surface area contributed by atoms with Gasteiger partial charge in [0.2, 0.25) is 0 Å². The Balaban J connectivity index is 2.04. The SMILES string of the molecule is Cc1cc(N(C)C)ccc1NC(C)C1CCCC1. The van der Waals surface area contributed by atoms with Crippen LogP contribution in [0.2, 0.25) is 0 Å². The number of nitrogens with one attached hydrogen (secondary N) is 1. The first-order valence-electron chi connectivity index (χ1n) is 7.12. The van der Waals surface area contributed by atoms with Crippen LogP contribution < -0.4 is 10.2 Å². The molecule has 0 amide bonds. The van der Waals surface area contributed by atoms with Crippen molar-refractivity contribution in [3.63, 3.8) is 0 Å². The van der Waals surface area contributed by atoms with Crippen LogP contribution in [0.15, 0.2) is 18.2 Å². The smallest absolute Gasteiger partial charge is 0.0373 e. The maximum atomic E-state index is 3.70. The highest BCUT2D eigenvalue weighted by Crippen LogP contribution is 2.30. The molecule has 18 heavy (non-hydrogen) atoms. The molecule has 0 aromatic heterocycles. The summed E-state index contributed by atoms with van der Waals surface area (Å²) in [5.41, 5.74) is 3.90. The van der Waals surface area contributed by atoms with E-state index < -0.39 is 0 Å². The monoisotopic (exact) mass is 246 g/mol. The molecule has 0 spiro atoms. The van der Waals surface area contributed by atoms with Crippen LogP contribution in [0.1, 0.15) is 38.2 Å². The molecule has 1 aliphatic carbocycles. The Morgan fingerprint density at radius 2 is 1.89 bits per heavy atom. The van der Waals surface area contributed by atoms with Gasteiger partial charge in [-0.05, 0) is 56.4 Å². The van der Waals surface area contributed by atoms with Crippen LogP contribution in [0.25, 0.3) is 0 Å². The van der Waals surface area contributed by atoms with Gasteiger partial charge >= 0.3 is 0 Å². The van der Waals surface area contributed by atoms with E-state index in [2.05, 4.69) is 56.4 Å². The van der Waals surface area contributed by atoms with Gasteiger partial charge in [-0.15, -0.1) is 0 Å². The van der Waals surface area contributed by atoms with Gasteiger partial charge in [-0.1, -0.05) is 12.8 Å². The molecule has 1 fully saturated rings. The Morgan fingerprint density at radius 1 is 1.22 bits per heavy atom. The van der Waals surface area contributed by atoms with Crippen molar-refractivity contribution in [3.05, 3.63) is 23.8 Å². The number of benzene rings is 1. The standard InChI is InChI=1S/C16H26N2/c1-12-11-15(18(3)4)9-10-16(12)17-13(2)14-7-5-6-8-14/h9-11,13-14,17H,5-8H2,1-4H3. The lowest BCUT2D eigenvalue weighted by atomic mass is 9.99. The highest BCUT2D eigenvalue weighted by atomic mass is 15.1. The van der Waals surface area contributed by atoms with Gasteiger partial charge < -0.3 is 10.2 Å². The van der Waals surface area contributed by atoms with Crippen molar-refractivity contribution in [1.82, 2.24) is 0 Å². The molecule has 0 radical (unpaired) electrons. The Bertz CT molecular complexity index is 392. The van der Waals surface area contributed by atoms with E-state index in [1.807, 2.05) is 0 Å². The quantitative estimate of drug-likeness (QED) is 0.862. The van der Waals surface area contributed by atoms with Gasteiger partial charge in [-0.3, -0.25) is 0 Å². The molecule has 1 aromatic carbocycles. The van der Waals surface area contributed by atoms with Crippen LogP contribution in [-0.4, -0.2) is 20.1 Å². The molecular weight excluding hydrogens is 220 g/mol. The number of hydrogen-bond acceptors (Lipinski definition) is 2. The van der Waals surface area contributed by atoms with E-state index >= 15 is 0 Å². The third-order valence-corrected chi connectivity index (χ3v) is 4.22. The first kappa shape index (κ1) is 13.3. The van der Waals surface area contributed by atoms with Gasteiger partial charge in [0, 0.05) is 31.5 Å². The van der Waals surface area contributed by atoms with Gasteiger partial charge in [0.15, 0.2) is 0 Å². The first-order chi connectivity index (χ1) is 8.58. The average molecular weight is 246 g/mol. The zero-order valence-corrected chi connectivity index (χ0v) is 12.2. The minimum Gasteiger partial charge on any atom is -0.382 e. The van der Waals surface area contributed by atoms with Crippen LogP contribution in [0.4, 0.5) is 11.4 Å². The molecule has 0 heterocycles. The Kier molecular flexibility index (Phi) is 4.15. The van der Waals surface area contributed by atoms with Crippen LogP contribution >= 0.6 is 0 Å². The summed E-state index contributed by atoms with van der Waals surface area (Å²) in [6.07, 6.45) is 5.61. The van der Waals surface area contributed by atoms with E-state index in [9.17, 15) is 0 Å². The largest absolute Gasteiger partial charge is 0.382 e. The second-order valence-corrected chi connectivity index (χ2v) is 5.87. The molecule has 0 bridgehead atoms. The lowest BCUT2D eigenvalue weighted by molar-refractivity contribution is 0.482. The van der Waals surface area contributed by atoms with E-state index in [1.54, 1.807) is 0 Å². The molecular formula is C16H26N2. The first-order valence-corrected chi connectivity index (χ1v) is 7.12. The maximum absolute atomic E-state index is 3.70. The van der Waals surface area contributed by atoms with Gasteiger partial charge in [0.05, 0.1) is 0 Å². The summed E-state index contributed by atoms with van der Waals surface area (Å²) in [7, 11) is 4.17. The molecule has 1 atom stereocenters. The number of hydrogen-bond donors (Lipinski definition) is 1. The zero-order chi connectivity index (χ0) is 13.1. The zero-order valence-electron chi connectivity index (χ0n) is 12.2. The van der Waals surface area contributed by atoms with E-state index in [0.29, 0.717) is 6.04 Å². The average Bonchev–Trinajstić information content (AvgIpc) is 2.85. The summed E-state index contributed by atoms with van der Waals surface area (Å²) in [6, 6.07) is 7.26. The maximum Gasteiger partial charge on any atom is 0.0373 e. The number of aryl methyl sites for hydroxylation is 1.